The second-order valence-electron chi connectivity index (χ2n) is 4.39. The van der Waals surface area contributed by atoms with E-state index in [0.29, 0.717) is 24.5 Å². The first kappa shape index (κ1) is 14.3. The molecular weight excluding hydrogens is 260 g/mol. The molecule has 20 heavy (non-hydrogen) atoms. The number of imide groups is 1. The SMILES string of the molecule is COc1cccc(NC(=O)NC(=O)C2CNCCN2)c1. The summed E-state index contributed by atoms with van der Waals surface area (Å²) in [6.07, 6.45) is 0. The van der Waals surface area contributed by atoms with Crippen LogP contribution in [0.5, 0.6) is 5.75 Å². The number of piperazine rings is 1. The van der Waals surface area contributed by atoms with Crippen LogP contribution in [0.2, 0.25) is 0 Å². The zero-order chi connectivity index (χ0) is 14.4. The topological polar surface area (TPSA) is 91.5 Å². The second-order valence-corrected chi connectivity index (χ2v) is 4.39. The summed E-state index contributed by atoms with van der Waals surface area (Å²) in [6, 6.07) is 5.96. The number of carbonyl (C=O) groups is 2. The number of hydrogen-bond acceptors (Lipinski definition) is 5. The van der Waals surface area contributed by atoms with Crippen molar-refractivity contribution in [1.82, 2.24) is 16.0 Å². The van der Waals surface area contributed by atoms with Gasteiger partial charge in [0.25, 0.3) is 0 Å². The molecule has 1 aliphatic heterocycles. The van der Waals surface area contributed by atoms with Gasteiger partial charge in [-0.05, 0) is 12.1 Å². The highest BCUT2D eigenvalue weighted by molar-refractivity contribution is 6.03. The normalized spacial score (nSPS) is 18.1. The van der Waals surface area contributed by atoms with Crippen molar-refractivity contribution in [2.45, 2.75) is 6.04 Å². The van der Waals surface area contributed by atoms with Crippen LogP contribution in [-0.2, 0) is 4.79 Å². The molecule has 1 saturated heterocycles. The average Bonchev–Trinajstić information content (AvgIpc) is 2.48. The van der Waals surface area contributed by atoms with Crippen molar-refractivity contribution in [2.75, 3.05) is 32.1 Å². The molecule has 108 valence electrons. The molecule has 7 nitrogen and oxygen atoms in total. The van der Waals surface area contributed by atoms with Crippen molar-refractivity contribution in [3.05, 3.63) is 24.3 Å². The summed E-state index contributed by atoms with van der Waals surface area (Å²) < 4.78 is 5.06. The number of carbonyl (C=O) groups excluding carboxylic acids is 2. The summed E-state index contributed by atoms with van der Waals surface area (Å²) in [5.41, 5.74) is 0.560. The third kappa shape index (κ3) is 3.94. The molecule has 1 unspecified atom stereocenters. The minimum Gasteiger partial charge on any atom is -0.497 e. The molecule has 7 heteroatoms. The van der Waals surface area contributed by atoms with E-state index in [4.69, 9.17) is 4.74 Å². The monoisotopic (exact) mass is 278 g/mol. The van der Waals surface area contributed by atoms with Gasteiger partial charge in [-0.2, -0.15) is 0 Å². The van der Waals surface area contributed by atoms with Crippen LogP contribution in [0.3, 0.4) is 0 Å². The molecule has 1 fully saturated rings. The van der Waals surface area contributed by atoms with Gasteiger partial charge in [-0.15, -0.1) is 0 Å². The zero-order valence-corrected chi connectivity index (χ0v) is 11.2. The molecule has 0 saturated carbocycles. The van der Waals surface area contributed by atoms with Gasteiger partial charge in [0, 0.05) is 31.4 Å². The first-order valence-electron chi connectivity index (χ1n) is 6.39. The van der Waals surface area contributed by atoms with Crippen molar-refractivity contribution >= 4 is 17.6 Å². The van der Waals surface area contributed by atoms with E-state index < -0.39 is 6.03 Å². The van der Waals surface area contributed by atoms with Crippen LogP contribution in [0.4, 0.5) is 10.5 Å². The van der Waals surface area contributed by atoms with Crippen LogP contribution < -0.4 is 26.0 Å². The molecule has 0 spiro atoms. The van der Waals surface area contributed by atoms with E-state index in [1.807, 2.05) is 0 Å². The Kier molecular flexibility index (Phi) is 4.91. The number of hydrogen-bond donors (Lipinski definition) is 4. The molecule has 0 aromatic heterocycles. The maximum atomic E-state index is 11.8. The zero-order valence-electron chi connectivity index (χ0n) is 11.2. The van der Waals surface area contributed by atoms with Crippen LogP contribution in [0.15, 0.2) is 24.3 Å². The minimum atomic E-state index is -0.560. The fourth-order valence-electron chi connectivity index (χ4n) is 1.90. The smallest absolute Gasteiger partial charge is 0.325 e. The third-order valence-corrected chi connectivity index (χ3v) is 2.92. The van der Waals surface area contributed by atoms with Gasteiger partial charge in [-0.1, -0.05) is 6.07 Å². The molecule has 1 aromatic rings. The summed E-state index contributed by atoms with van der Waals surface area (Å²) in [6.45, 7) is 2.04. The van der Waals surface area contributed by atoms with E-state index in [1.54, 1.807) is 31.4 Å². The first-order valence-corrected chi connectivity index (χ1v) is 6.39. The molecular formula is C13H18N4O3. The number of rotatable bonds is 3. The van der Waals surface area contributed by atoms with Crippen molar-refractivity contribution < 1.29 is 14.3 Å². The predicted octanol–water partition coefficient (Wildman–Crippen LogP) is -0.0953. The molecule has 1 heterocycles. The van der Waals surface area contributed by atoms with Crippen molar-refractivity contribution in [1.29, 1.82) is 0 Å². The number of anilines is 1. The molecule has 3 amide bonds. The van der Waals surface area contributed by atoms with Crippen LogP contribution in [0, 0.1) is 0 Å². The fourth-order valence-corrected chi connectivity index (χ4v) is 1.90. The largest absolute Gasteiger partial charge is 0.497 e. The van der Waals surface area contributed by atoms with E-state index in [0.717, 1.165) is 6.54 Å². The standard InChI is InChI=1S/C13H18N4O3/c1-20-10-4-2-3-9(7-10)16-13(19)17-12(18)11-8-14-5-6-15-11/h2-4,7,11,14-15H,5-6,8H2,1H3,(H2,16,17,18,19). The van der Waals surface area contributed by atoms with Crippen LogP contribution >= 0.6 is 0 Å². The van der Waals surface area contributed by atoms with Gasteiger partial charge in [0.15, 0.2) is 0 Å². The van der Waals surface area contributed by atoms with Crippen molar-refractivity contribution in [2.24, 2.45) is 0 Å². The summed E-state index contributed by atoms with van der Waals surface area (Å²) in [5.74, 6) is 0.282. The highest BCUT2D eigenvalue weighted by Gasteiger charge is 2.21. The summed E-state index contributed by atoms with van der Waals surface area (Å²) in [5, 5.41) is 11.0. The summed E-state index contributed by atoms with van der Waals surface area (Å²) >= 11 is 0. The quantitative estimate of drug-likeness (QED) is 0.620. The first-order chi connectivity index (χ1) is 9.69. The Morgan fingerprint density at radius 2 is 2.20 bits per heavy atom. The molecule has 0 aliphatic carbocycles. The number of urea groups is 1. The number of ether oxygens (including phenoxy) is 1. The molecule has 1 aromatic carbocycles. The Balaban J connectivity index is 1.86. The van der Waals surface area contributed by atoms with E-state index >= 15 is 0 Å². The molecule has 2 rings (SSSR count). The third-order valence-electron chi connectivity index (χ3n) is 2.92. The van der Waals surface area contributed by atoms with Gasteiger partial charge in [-0.25, -0.2) is 4.79 Å². The Morgan fingerprint density at radius 1 is 1.35 bits per heavy atom. The van der Waals surface area contributed by atoms with Gasteiger partial charge in [0.1, 0.15) is 5.75 Å². The van der Waals surface area contributed by atoms with Crippen LogP contribution in [0.1, 0.15) is 0 Å². The van der Waals surface area contributed by atoms with Gasteiger partial charge in [-0.3, -0.25) is 10.1 Å². The lowest BCUT2D eigenvalue weighted by Gasteiger charge is -2.23. The van der Waals surface area contributed by atoms with Gasteiger partial charge >= 0.3 is 6.03 Å². The molecule has 0 bridgehead atoms. The Bertz CT molecular complexity index is 486. The van der Waals surface area contributed by atoms with Gasteiger partial charge in [0.05, 0.1) is 13.2 Å². The lowest BCUT2D eigenvalue weighted by Crippen LogP contribution is -2.57. The van der Waals surface area contributed by atoms with Crippen molar-refractivity contribution in [3.63, 3.8) is 0 Å². The minimum absolute atomic E-state index is 0.349. The van der Waals surface area contributed by atoms with Crippen LogP contribution in [-0.4, -0.2) is 44.7 Å². The Hall–Kier alpha value is -2.12. The molecule has 0 radical (unpaired) electrons. The predicted molar refractivity (Wildman–Crippen MR) is 74.8 cm³/mol. The number of amides is 3. The molecule has 1 aliphatic rings. The highest BCUT2D eigenvalue weighted by atomic mass is 16.5. The highest BCUT2D eigenvalue weighted by Crippen LogP contribution is 2.16. The Labute approximate surface area is 117 Å². The maximum Gasteiger partial charge on any atom is 0.325 e. The van der Waals surface area contributed by atoms with E-state index in [1.165, 1.54) is 0 Å². The van der Waals surface area contributed by atoms with Crippen molar-refractivity contribution in [3.8, 4) is 5.75 Å². The average molecular weight is 278 g/mol. The fraction of sp³-hybridized carbons (Fsp3) is 0.385. The molecule has 4 N–H and O–H groups in total. The lowest BCUT2D eigenvalue weighted by atomic mass is 10.2. The number of nitrogens with one attached hydrogen (secondary N) is 4. The van der Waals surface area contributed by atoms with Gasteiger partial charge in [0.2, 0.25) is 5.91 Å². The second kappa shape index (κ2) is 6.88. The van der Waals surface area contributed by atoms with Gasteiger partial charge < -0.3 is 20.7 Å². The Morgan fingerprint density at radius 3 is 2.90 bits per heavy atom. The summed E-state index contributed by atoms with van der Waals surface area (Å²) in [7, 11) is 1.55. The maximum absolute atomic E-state index is 11.8. The molecule has 1 atom stereocenters. The number of methoxy groups -OCH3 is 1. The van der Waals surface area contributed by atoms with Crippen LogP contribution in [0.25, 0.3) is 0 Å². The van der Waals surface area contributed by atoms with E-state index in [9.17, 15) is 9.59 Å². The number of benzene rings is 1. The van der Waals surface area contributed by atoms with E-state index in [2.05, 4.69) is 21.3 Å². The summed E-state index contributed by atoms with van der Waals surface area (Å²) in [4.78, 5) is 23.6. The lowest BCUT2D eigenvalue weighted by molar-refractivity contribution is -0.122. The van der Waals surface area contributed by atoms with E-state index in [-0.39, 0.29) is 11.9 Å².